The maximum atomic E-state index is 14.6. The summed E-state index contributed by atoms with van der Waals surface area (Å²) >= 11 is 0. The van der Waals surface area contributed by atoms with E-state index in [1.165, 1.54) is 6.92 Å². The van der Waals surface area contributed by atoms with Gasteiger partial charge in [0.2, 0.25) is 5.42 Å². The van der Waals surface area contributed by atoms with Crippen molar-refractivity contribution in [1.82, 2.24) is 0 Å². The molecule has 0 spiro atoms. The summed E-state index contributed by atoms with van der Waals surface area (Å²) in [5, 5.41) is 8.95. The topological polar surface area (TPSA) is 63.1 Å². The highest BCUT2D eigenvalue weighted by Crippen LogP contribution is 2.50. The monoisotopic (exact) mass is 654 g/mol. The van der Waals surface area contributed by atoms with Crippen molar-refractivity contribution in [3.63, 3.8) is 0 Å². The van der Waals surface area contributed by atoms with E-state index in [0.717, 1.165) is 18.2 Å². The second-order valence-electron chi connectivity index (χ2n) is 9.86. The second-order valence-corrected chi connectivity index (χ2v) is 9.86. The summed E-state index contributed by atoms with van der Waals surface area (Å²) in [5.41, 5.74) is -8.69. The fraction of sp³-hybridized carbons (Fsp3) is 0.125. The third kappa shape index (κ3) is 5.49. The summed E-state index contributed by atoms with van der Waals surface area (Å²) in [7, 11) is 0. The highest BCUT2D eigenvalue weighted by Gasteiger charge is 2.40. The van der Waals surface area contributed by atoms with Crippen LogP contribution in [-0.4, -0.2) is 0 Å². The number of furan rings is 2. The molecule has 47 heavy (non-hydrogen) atoms. The van der Waals surface area contributed by atoms with Crippen molar-refractivity contribution < 1.29 is 48.3 Å². The van der Waals surface area contributed by atoms with Gasteiger partial charge in [0.1, 0.15) is 18.6 Å². The number of hydrogen-bond acceptors (Lipinski definition) is 3. The van der Waals surface area contributed by atoms with Crippen LogP contribution in [0.3, 0.4) is 0 Å². The van der Waals surface area contributed by atoms with Gasteiger partial charge in [0, 0.05) is 21.9 Å². The van der Waals surface area contributed by atoms with E-state index in [2.05, 4.69) is 14.5 Å². The Kier molecular flexibility index (Phi) is 7.54. The SMILES string of the molecule is [C-]#[N+]C([N+]#[C-])=c1cc2c(-c3ccc(C(F)(F)F)cc3C)c(-c3ccc(C(F)(F)F)cc3C(F)(F)F)c3c/c(=C(\C#N)[N+]#[C-])oc3c2o1. The highest BCUT2D eigenvalue weighted by atomic mass is 19.4. The molecule has 0 fully saturated rings. The number of alkyl halides is 9. The average Bonchev–Trinajstić information content (AvgIpc) is 3.61. The Labute approximate surface area is 256 Å². The predicted molar refractivity (Wildman–Crippen MR) is 148 cm³/mol. The van der Waals surface area contributed by atoms with E-state index in [0.29, 0.717) is 24.3 Å². The zero-order chi connectivity index (χ0) is 34.6. The molecule has 0 radical (unpaired) electrons. The first-order valence-electron chi connectivity index (χ1n) is 12.7. The van der Waals surface area contributed by atoms with Crippen molar-refractivity contribution in [3.8, 4) is 28.3 Å². The summed E-state index contributed by atoms with van der Waals surface area (Å²) in [6, 6.07) is 6.74. The van der Waals surface area contributed by atoms with Gasteiger partial charge >= 0.3 is 30.0 Å². The second kappa shape index (κ2) is 11.0. The van der Waals surface area contributed by atoms with Gasteiger partial charge < -0.3 is 8.83 Å². The van der Waals surface area contributed by atoms with Crippen LogP contribution < -0.4 is 10.8 Å². The van der Waals surface area contributed by atoms with Gasteiger partial charge in [-0.3, -0.25) is 0 Å². The molecular formula is C32H11F9N4O2. The van der Waals surface area contributed by atoms with Crippen LogP contribution in [0.25, 0.3) is 70.2 Å². The first-order chi connectivity index (χ1) is 21.9. The van der Waals surface area contributed by atoms with Crippen LogP contribution in [0.1, 0.15) is 22.3 Å². The van der Waals surface area contributed by atoms with Crippen molar-refractivity contribution in [1.29, 1.82) is 5.26 Å². The van der Waals surface area contributed by atoms with Crippen LogP contribution in [0.15, 0.2) is 57.4 Å². The lowest BCUT2D eigenvalue weighted by molar-refractivity contribution is -0.143. The quantitative estimate of drug-likeness (QED) is 0.141. The summed E-state index contributed by atoms with van der Waals surface area (Å²) in [6.07, 6.45) is -15.4. The molecule has 5 aromatic rings. The first kappa shape index (κ1) is 32.2. The lowest BCUT2D eigenvalue weighted by Gasteiger charge is -2.21. The first-order valence-corrected chi connectivity index (χ1v) is 12.7. The van der Waals surface area contributed by atoms with Gasteiger partial charge in [-0.2, -0.15) is 49.2 Å². The molecule has 0 atom stereocenters. The number of aryl methyl sites for hydroxylation is 1. The summed E-state index contributed by atoms with van der Waals surface area (Å²) in [4.78, 5) is 9.13. The molecule has 0 unspecified atom stereocenters. The van der Waals surface area contributed by atoms with Crippen LogP contribution >= 0.6 is 0 Å². The maximum absolute atomic E-state index is 14.6. The minimum atomic E-state index is -5.41. The van der Waals surface area contributed by atoms with E-state index >= 15 is 0 Å². The largest absolute Gasteiger partial charge is 0.562 e. The lowest BCUT2D eigenvalue weighted by atomic mass is 9.84. The molecule has 0 aliphatic heterocycles. The molecule has 0 amide bonds. The van der Waals surface area contributed by atoms with Gasteiger partial charge in [-0.1, -0.05) is 12.1 Å². The van der Waals surface area contributed by atoms with Crippen molar-refractivity contribution >= 4 is 33.5 Å². The fourth-order valence-electron chi connectivity index (χ4n) is 5.11. The van der Waals surface area contributed by atoms with Crippen LogP contribution in [0.5, 0.6) is 0 Å². The van der Waals surface area contributed by atoms with Gasteiger partial charge in [0.25, 0.3) is 0 Å². The molecule has 2 aromatic heterocycles. The van der Waals surface area contributed by atoms with Gasteiger partial charge in [-0.05, 0) is 60.0 Å². The molecule has 0 aliphatic rings. The highest BCUT2D eigenvalue weighted by molar-refractivity contribution is 6.19. The number of nitriles is 1. The Balaban J connectivity index is 2.15. The maximum Gasteiger partial charge on any atom is 0.562 e. The minimum Gasteiger partial charge on any atom is -0.463 e. The molecule has 15 heteroatoms. The molecular weight excluding hydrogens is 643 g/mol. The van der Waals surface area contributed by atoms with Gasteiger partial charge in [0.05, 0.1) is 29.3 Å². The molecule has 5 rings (SSSR count). The van der Waals surface area contributed by atoms with Gasteiger partial charge in [-0.25, -0.2) is 10.1 Å². The molecule has 0 saturated carbocycles. The van der Waals surface area contributed by atoms with Crippen LogP contribution in [0, 0.1) is 38.0 Å². The number of halogens is 9. The Bertz CT molecular complexity index is 2400. The third-order valence-corrected chi connectivity index (χ3v) is 7.09. The predicted octanol–water partition coefficient (Wildman–Crippen LogP) is 9.33. The third-order valence-electron chi connectivity index (χ3n) is 7.09. The van der Waals surface area contributed by atoms with E-state index in [1.807, 2.05) is 0 Å². The molecule has 0 N–H and O–H groups in total. The minimum absolute atomic E-state index is 0.119. The van der Waals surface area contributed by atoms with Crippen molar-refractivity contribution in [2.24, 2.45) is 0 Å². The number of benzene rings is 3. The Morgan fingerprint density at radius 3 is 1.62 bits per heavy atom. The van der Waals surface area contributed by atoms with Crippen LogP contribution in [0.2, 0.25) is 0 Å². The molecule has 2 heterocycles. The number of hydrogen-bond donors (Lipinski definition) is 0. The van der Waals surface area contributed by atoms with Crippen LogP contribution in [0.4, 0.5) is 39.5 Å². The smallest absolute Gasteiger partial charge is 0.463 e. The standard InChI is InChI=1S/C32H11F9N4O2/c1-14-9-15(30(33,34)35)5-7-17(14)25-20-12-24(29(44-3)45-4)47-28(20)27-19(11-23(46-27)22(13-42)43-2)26(25)18-8-6-16(31(36,37)38)10-21(18)32(39,40)41/h5-12H,1H3/b23-22-. The molecule has 0 bridgehead atoms. The zero-order valence-corrected chi connectivity index (χ0v) is 23.1. The summed E-state index contributed by atoms with van der Waals surface area (Å²) in [5.74, 6) is -0.645. The summed E-state index contributed by atoms with van der Waals surface area (Å²) in [6.45, 7) is 23.2. The normalized spacial score (nSPS) is 12.7. The number of rotatable bonds is 2. The number of nitrogens with zero attached hydrogens (tertiary/aromatic N) is 4. The zero-order valence-electron chi connectivity index (χ0n) is 23.1. The van der Waals surface area contributed by atoms with E-state index < -0.39 is 74.3 Å². The van der Waals surface area contributed by atoms with Crippen molar-refractivity contribution in [3.05, 3.63) is 116 Å². The van der Waals surface area contributed by atoms with E-state index in [1.54, 1.807) is 6.07 Å². The fourth-order valence-corrected chi connectivity index (χ4v) is 5.11. The van der Waals surface area contributed by atoms with E-state index in [-0.39, 0.29) is 39.1 Å². The Morgan fingerprint density at radius 1 is 0.660 bits per heavy atom. The number of fused-ring (bicyclic) bond motifs is 3. The Hall–Kier alpha value is -6.19. The van der Waals surface area contributed by atoms with Crippen molar-refractivity contribution in [2.45, 2.75) is 25.5 Å². The van der Waals surface area contributed by atoms with E-state index in [4.69, 9.17) is 28.6 Å². The molecule has 234 valence electrons. The van der Waals surface area contributed by atoms with E-state index in [9.17, 15) is 44.8 Å². The lowest BCUT2D eigenvalue weighted by Crippen LogP contribution is -2.12. The molecule has 3 aromatic carbocycles. The molecule has 6 nitrogen and oxygen atoms in total. The molecule has 0 saturated heterocycles. The average molecular weight is 654 g/mol. The molecule has 0 aliphatic carbocycles. The Morgan fingerprint density at radius 2 is 1.15 bits per heavy atom. The van der Waals surface area contributed by atoms with Crippen LogP contribution in [-0.2, 0) is 18.5 Å². The summed E-state index contributed by atoms with van der Waals surface area (Å²) < 4.78 is 137. The van der Waals surface area contributed by atoms with Gasteiger partial charge in [0.15, 0.2) is 11.2 Å². The van der Waals surface area contributed by atoms with Crippen molar-refractivity contribution in [2.75, 3.05) is 0 Å². The van der Waals surface area contributed by atoms with Gasteiger partial charge in [-0.15, -0.1) is 0 Å².